The number of carbonyl (C=O) groups is 5. The summed E-state index contributed by atoms with van der Waals surface area (Å²) in [5, 5.41) is 11.8. The van der Waals surface area contributed by atoms with Gasteiger partial charge in [0.25, 0.3) is 0 Å². The molecule has 0 saturated carbocycles. The molecule has 9 N–H and O–H groups in total. The Labute approximate surface area is 215 Å². The highest BCUT2D eigenvalue weighted by Crippen LogP contribution is 1.96. The van der Waals surface area contributed by atoms with E-state index in [0.717, 1.165) is 64.3 Å². The highest BCUT2D eigenvalue weighted by molar-refractivity contribution is 5.83. The van der Waals surface area contributed by atoms with Crippen LogP contribution in [0, 0.1) is 0 Å². The quantitative estimate of drug-likeness (QED) is 0.0909. The molecule has 0 aromatic rings. The Bertz CT molecular complexity index is 644. The number of quaternary nitrogens is 2. The Morgan fingerprint density at radius 1 is 0.556 bits per heavy atom. The second kappa shape index (κ2) is 24.3. The number of amides is 5. The molecule has 0 saturated heterocycles. The van der Waals surface area contributed by atoms with Gasteiger partial charge in [-0.15, -0.1) is 0 Å². The average Bonchev–Trinajstić information content (AvgIpc) is 2.84. The van der Waals surface area contributed by atoms with Crippen LogP contribution < -0.4 is 32.3 Å². The summed E-state index contributed by atoms with van der Waals surface area (Å²) in [4.78, 5) is 58.0. The Morgan fingerprint density at radius 2 is 0.972 bits per heavy atom. The molecule has 208 valence electrons. The second-order valence-electron chi connectivity index (χ2n) is 9.08. The third-order valence-electron chi connectivity index (χ3n) is 5.59. The fraction of sp³-hybridized carbons (Fsp3) is 0.800. The van der Waals surface area contributed by atoms with E-state index in [1.165, 1.54) is 0 Å². The minimum Gasteiger partial charge on any atom is -0.356 e. The van der Waals surface area contributed by atoms with Crippen LogP contribution in [-0.2, 0) is 24.0 Å². The molecule has 0 atom stereocenters. The molecule has 11 heteroatoms. The number of hydrogen-bond acceptors (Lipinski definition) is 6. The van der Waals surface area contributed by atoms with Crippen molar-refractivity contribution in [3.63, 3.8) is 0 Å². The lowest BCUT2D eigenvalue weighted by Crippen LogP contribution is -2.88. The summed E-state index contributed by atoms with van der Waals surface area (Å²) in [6.45, 7) is 5.42. The van der Waals surface area contributed by atoms with Crippen LogP contribution >= 0.6 is 0 Å². The summed E-state index contributed by atoms with van der Waals surface area (Å²) >= 11 is 0. The molecule has 0 fully saturated rings. The van der Waals surface area contributed by atoms with E-state index in [-0.39, 0.29) is 55.2 Å². The topological polar surface area (TPSA) is 181 Å². The Balaban J connectivity index is 3.50. The Morgan fingerprint density at radius 3 is 1.42 bits per heavy atom. The van der Waals surface area contributed by atoms with Crippen molar-refractivity contribution in [2.75, 3.05) is 39.3 Å². The molecule has 36 heavy (non-hydrogen) atoms. The molecular formula is C25H50N6O5+2. The van der Waals surface area contributed by atoms with E-state index in [1.807, 2.05) is 0 Å². The van der Waals surface area contributed by atoms with Crippen molar-refractivity contribution in [2.45, 2.75) is 90.4 Å². The molecule has 0 aromatic heterocycles. The van der Waals surface area contributed by atoms with Gasteiger partial charge < -0.3 is 21.7 Å². The minimum atomic E-state index is -0.125. The maximum absolute atomic E-state index is 11.9. The van der Waals surface area contributed by atoms with Gasteiger partial charge in [-0.1, -0.05) is 6.42 Å². The van der Waals surface area contributed by atoms with Crippen LogP contribution in [0.3, 0.4) is 0 Å². The van der Waals surface area contributed by atoms with Crippen molar-refractivity contribution in [1.82, 2.24) is 16.0 Å². The Kier molecular flexibility index (Phi) is 22.7. The van der Waals surface area contributed by atoms with Crippen molar-refractivity contribution in [2.24, 2.45) is 5.73 Å². The SMILES string of the molecule is CC(=O)[NH2+]CCCCCNC(=O)CCC(=O)[NH2+]CCCCCNC(=O)CCC(=O)NCCCCCN. The lowest BCUT2D eigenvalue weighted by molar-refractivity contribution is -0.569. The number of primary amides is 2. The van der Waals surface area contributed by atoms with Gasteiger partial charge in [0, 0.05) is 38.9 Å². The number of unbranched alkanes of at least 4 members (excludes halogenated alkanes) is 6. The van der Waals surface area contributed by atoms with E-state index in [2.05, 4.69) is 16.0 Å². The molecule has 0 spiro atoms. The maximum atomic E-state index is 11.9. The molecular weight excluding hydrogens is 464 g/mol. The Hall–Kier alpha value is -2.37. The molecule has 0 rings (SSSR count). The van der Waals surface area contributed by atoms with Gasteiger partial charge in [0.05, 0.1) is 26.4 Å². The molecule has 0 aliphatic carbocycles. The number of hydrogen-bond donors (Lipinski definition) is 6. The van der Waals surface area contributed by atoms with Gasteiger partial charge in [0.15, 0.2) is 0 Å². The molecule has 0 aliphatic heterocycles. The first kappa shape index (κ1) is 33.6. The van der Waals surface area contributed by atoms with Gasteiger partial charge in [-0.3, -0.25) is 25.0 Å². The van der Waals surface area contributed by atoms with Crippen molar-refractivity contribution >= 4 is 29.5 Å². The number of nitrogens with two attached hydrogens (primary N) is 3. The largest absolute Gasteiger partial charge is 0.356 e. The summed E-state index contributed by atoms with van der Waals surface area (Å²) in [5.74, 6) is -0.265. The number of nitrogens with one attached hydrogen (secondary N) is 3. The first-order chi connectivity index (χ1) is 17.3. The normalized spacial score (nSPS) is 10.6. The zero-order chi connectivity index (χ0) is 26.9. The molecule has 0 heterocycles. The lowest BCUT2D eigenvalue weighted by atomic mass is 10.2. The van der Waals surface area contributed by atoms with Gasteiger partial charge in [0.2, 0.25) is 17.7 Å². The molecule has 0 bridgehead atoms. The number of carbonyl (C=O) groups excluding carboxylic acids is 5. The van der Waals surface area contributed by atoms with Crippen LogP contribution in [0.4, 0.5) is 0 Å². The smallest absolute Gasteiger partial charge is 0.310 e. The minimum absolute atomic E-state index is 0.0177. The van der Waals surface area contributed by atoms with Crippen LogP contribution in [0.2, 0.25) is 0 Å². The second-order valence-corrected chi connectivity index (χ2v) is 9.08. The summed E-state index contributed by atoms with van der Waals surface area (Å²) in [6.07, 6.45) is 8.95. The van der Waals surface area contributed by atoms with E-state index < -0.39 is 0 Å². The van der Waals surface area contributed by atoms with E-state index in [4.69, 9.17) is 5.73 Å². The average molecular weight is 515 g/mol. The highest BCUT2D eigenvalue weighted by Gasteiger charge is 2.10. The summed E-state index contributed by atoms with van der Waals surface area (Å²) in [7, 11) is 0. The van der Waals surface area contributed by atoms with E-state index >= 15 is 0 Å². The zero-order valence-corrected chi connectivity index (χ0v) is 22.2. The van der Waals surface area contributed by atoms with Gasteiger partial charge >= 0.3 is 11.8 Å². The van der Waals surface area contributed by atoms with Crippen LogP contribution in [0.25, 0.3) is 0 Å². The molecule has 0 unspecified atom stereocenters. The fourth-order valence-electron chi connectivity index (χ4n) is 3.42. The molecule has 0 aromatic carbocycles. The van der Waals surface area contributed by atoms with Crippen molar-refractivity contribution in [3.05, 3.63) is 0 Å². The van der Waals surface area contributed by atoms with Crippen molar-refractivity contribution in [1.29, 1.82) is 0 Å². The standard InChI is InChI=1S/C25H48N6O5/c1-21(32)27-16-7-3-8-18-29-23(34)13-14-25(36)31-20-10-4-9-19-30-24(35)12-11-22(33)28-17-6-2-5-15-26/h2-20,26H2,1H3,(H,27,32)(H,28,33)(H,29,34)(H,30,35)(H,31,36)/p+2. The predicted octanol–water partition coefficient (Wildman–Crippen LogP) is -1.44. The van der Waals surface area contributed by atoms with E-state index in [9.17, 15) is 24.0 Å². The van der Waals surface area contributed by atoms with E-state index in [0.29, 0.717) is 32.7 Å². The van der Waals surface area contributed by atoms with Gasteiger partial charge in [0.1, 0.15) is 0 Å². The van der Waals surface area contributed by atoms with Crippen LogP contribution in [-0.4, -0.2) is 68.8 Å². The van der Waals surface area contributed by atoms with Crippen LogP contribution in [0.1, 0.15) is 90.4 Å². The fourth-order valence-corrected chi connectivity index (χ4v) is 3.42. The lowest BCUT2D eigenvalue weighted by Gasteiger charge is -2.06. The first-order valence-electron chi connectivity index (χ1n) is 13.5. The highest BCUT2D eigenvalue weighted by atomic mass is 16.2. The van der Waals surface area contributed by atoms with Crippen molar-refractivity contribution in [3.8, 4) is 0 Å². The monoisotopic (exact) mass is 514 g/mol. The van der Waals surface area contributed by atoms with Crippen molar-refractivity contribution < 1.29 is 34.6 Å². The van der Waals surface area contributed by atoms with Crippen LogP contribution in [0.5, 0.6) is 0 Å². The van der Waals surface area contributed by atoms with Gasteiger partial charge in [-0.25, -0.2) is 9.59 Å². The van der Waals surface area contributed by atoms with Gasteiger partial charge in [-0.05, 0) is 57.9 Å². The summed E-state index contributed by atoms with van der Waals surface area (Å²) < 4.78 is 0. The first-order valence-corrected chi connectivity index (χ1v) is 13.5. The summed E-state index contributed by atoms with van der Waals surface area (Å²) in [5.41, 5.74) is 5.42. The van der Waals surface area contributed by atoms with E-state index in [1.54, 1.807) is 17.6 Å². The third kappa shape index (κ3) is 24.7. The molecule has 11 nitrogen and oxygen atoms in total. The predicted molar refractivity (Wildman–Crippen MR) is 137 cm³/mol. The molecule has 5 amide bonds. The van der Waals surface area contributed by atoms with Gasteiger partial charge in [-0.2, -0.15) is 0 Å². The summed E-state index contributed by atoms with van der Waals surface area (Å²) in [6, 6.07) is 0. The third-order valence-corrected chi connectivity index (χ3v) is 5.59. The molecule has 0 aliphatic rings. The number of rotatable bonds is 23. The maximum Gasteiger partial charge on any atom is 0.310 e. The molecule has 0 radical (unpaired) electrons. The zero-order valence-electron chi connectivity index (χ0n) is 22.2. The van der Waals surface area contributed by atoms with Crippen LogP contribution in [0.15, 0.2) is 0 Å².